The van der Waals surface area contributed by atoms with E-state index in [1.807, 2.05) is 10.9 Å². The van der Waals surface area contributed by atoms with Crippen molar-refractivity contribution in [1.29, 1.82) is 0 Å². The Balaban J connectivity index is 2.06. The summed E-state index contributed by atoms with van der Waals surface area (Å²) in [5, 5.41) is 19.4. The van der Waals surface area contributed by atoms with Gasteiger partial charge in [0.1, 0.15) is 17.1 Å². The molecule has 0 spiro atoms. The minimum Gasteiger partial charge on any atom is -0.507 e. The van der Waals surface area contributed by atoms with Crippen LogP contribution in [0.5, 0.6) is 5.75 Å². The standard InChI is InChI=1S/C18H23N3O9S/c1-9-5-4-6-11(13(9)23)15(24)19-20-17(27)30-8-18(3,31(28)29)14(16(25)26)21-10(2)7-12(21)22/h4-6,10,14,23,31H,7-8H2,1-3H3,(H,19,24)(H,20,27)(H,25,26)/t10-,14+,18+/m1/s1. The first-order valence-electron chi connectivity index (χ1n) is 9.10. The predicted molar refractivity (Wildman–Crippen MR) is 106 cm³/mol. The van der Waals surface area contributed by atoms with Crippen molar-refractivity contribution in [2.75, 3.05) is 6.61 Å². The van der Waals surface area contributed by atoms with Gasteiger partial charge in [0.2, 0.25) is 5.91 Å². The highest BCUT2D eigenvalue weighted by molar-refractivity contribution is 7.74. The molecule has 1 heterocycles. The number of thiol groups is 1. The van der Waals surface area contributed by atoms with Crippen molar-refractivity contribution in [3.8, 4) is 5.75 Å². The second kappa shape index (κ2) is 9.20. The zero-order chi connectivity index (χ0) is 23.5. The lowest BCUT2D eigenvalue weighted by molar-refractivity contribution is -0.163. The van der Waals surface area contributed by atoms with Gasteiger partial charge in [-0.3, -0.25) is 15.0 Å². The average Bonchev–Trinajstić information content (AvgIpc) is 2.69. The molecule has 3 amide bonds. The van der Waals surface area contributed by atoms with Crippen LogP contribution in [-0.4, -0.2) is 70.8 Å². The van der Waals surface area contributed by atoms with Gasteiger partial charge in [-0.1, -0.05) is 12.1 Å². The van der Waals surface area contributed by atoms with Crippen molar-refractivity contribution < 1.29 is 42.5 Å². The number of β-lactam (4-membered cyclic amide) rings is 1. The molecule has 12 nitrogen and oxygen atoms in total. The number of rotatable bonds is 7. The summed E-state index contributed by atoms with van der Waals surface area (Å²) in [6.07, 6.45) is -1.19. The SMILES string of the molecule is Cc1cccc(C(=O)NNC(=O)OC[C@@](C)([C@H](C(=O)O)N2C(=O)C[C@H]2C)[SH](=O)=O)c1O. The van der Waals surface area contributed by atoms with Crippen molar-refractivity contribution in [3.63, 3.8) is 0 Å². The van der Waals surface area contributed by atoms with Crippen LogP contribution < -0.4 is 10.9 Å². The maximum atomic E-state index is 12.1. The minimum atomic E-state index is -3.46. The summed E-state index contributed by atoms with van der Waals surface area (Å²) in [7, 11) is -3.46. The van der Waals surface area contributed by atoms with Crippen molar-refractivity contribution in [3.05, 3.63) is 29.3 Å². The second-order valence-corrected chi connectivity index (χ2v) is 8.87. The molecule has 1 saturated heterocycles. The molecule has 0 aliphatic carbocycles. The Morgan fingerprint density at radius 1 is 1.32 bits per heavy atom. The number of para-hydroxylation sites is 1. The molecular formula is C18H23N3O9S. The average molecular weight is 457 g/mol. The first kappa shape index (κ1) is 23.9. The maximum Gasteiger partial charge on any atom is 0.426 e. The molecule has 0 bridgehead atoms. The van der Waals surface area contributed by atoms with E-state index in [-0.39, 0.29) is 17.7 Å². The van der Waals surface area contributed by atoms with Crippen LogP contribution in [0.1, 0.15) is 36.2 Å². The molecule has 0 unspecified atom stereocenters. The molecule has 13 heteroatoms. The number of hydrazine groups is 1. The number of amides is 3. The van der Waals surface area contributed by atoms with Crippen LogP contribution in [0.3, 0.4) is 0 Å². The van der Waals surface area contributed by atoms with E-state index < -0.39 is 58.0 Å². The van der Waals surface area contributed by atoms with E-state index in [0.29, 0.717) is 5.56 Å². The van der Waals surface area contributed by atoms with Crippen LogP contribution in [-0.2, 0) is 25.0 Å². The highest BCUT2D eigenvalue weighted by Crippen LogP contribution is 2.30. The van der Waals surface area contributed by atoms with Crippen LogP contribution in [0.15, 0.2) is 18.2 Å². The zero-order valence-corrected chi connectivity index (χ0v) is 17.8. The highest BCUT2D eigenvalue weighted by Gasteiger charge is 2.53. The van der Waals surface area contributed by atoms with Crippen molar-refractivity contribution in [1.82, 2.24) is 15.8 Å². The number of aliphatic carboxylic acids is 1. The lowest BCUT2D eigenvalue weighted by Crippen LogP contribution is -2.67. The van der Waals surface area contributed by atoms with E-state index in [1.165, 1.54) is 12.1 Å². The molecule has 0 aromatic heterocycles. The number of hydrogen-bond acceptors (Lipinski definition) is 8. The number of phenols is 1. The normalized spacial score (nSPS) is 18.5. The fourth-order valence-corrected chi connectivity index (χ4v) is 3.77. The third kappa shape index (κ3) is 4.87. The fraction of sp³-hybridized carbons (Fsp3) is 0.444. The van der Waals surface area contributed by atoms with Crippen LogP contribution in [0.2, 0.25) is 0 Å². The molecule has 1 fully saturated rings. The summed E-state index contributed by atoms with van der Waals surface area (Å²) in [5.74, 6) is -3.24. The second-order valence-electron chi connectivity index (χ2n) is 7.34. The number of nitrogens with zero attached hydrogens (tertiary/aromatic N) is 1. The number of phenolic OH excluding ortho intramolecular Hbond substituents is 1. The van der Waals surface area contributed by atoms with Crippen molar-refractivity contribution in [2.24, 2.45) is 0 Å². The first-order valence-corrected chi connectivity index (χ1v) is 10.3. The van der Waals surface area contributed by atoms with Crippen molar-refractivity contribution in [2.45, 2.75) is 44.0 Å². The quantitative estimate of drug-likeness (QED) is 0.205. The molecule has 3 atom stereocenters. The van der Waals surface area contributed by atoms with Crippen molar-refractivity contribution >= 4 is 34.6 Å². The van der Waals surface area contributed by atoms with Gasteiger partial charge in [0.15, 0.2) is 16.7 Å². The monoisotopic (exact) mass is 457 g/mol. The number of hydrogen-bond donors (Lipinski definition) is 5. The molecule has 1 aromatic rings. The Labute approximate surface area is 179 Å². The molecule has 0 radical (unpaired) electrons. The zero-order valence-electron chi connectivity index (χ0n) is 16.9. The highest BCUT2D eigenvalue weighted by atomic mass is 32.2. The number of aryl methyl sites for hydroxylation is 1. The number of likely N-dealkylation sites (tertiary alicyclic amines) is 1. The molecule has 1 aliphatic heterocycles. The van der Waals surface area contributed by atoms with E-state index in [2.05, 4.69) is 0 Å². The Morgan fingerprint density at radius 2 is 1.97 bits per heavy atom. The number of carbonyl (C=O) groups is 4. The van der Waals surface area contributed by atoms with E-state index in [1.54, 1.807) is 19.9 Å². The summed E-state index contributed by atoms with van der Waals surface area (Å²) in [6, 6.07) is 2.14. The van der Waals surface area contributed by atoms with E-state index in [9.17, 15) is 37.8 Å². The molecule has 170 valence electrons. The first-order chi connectivity index (χ1) is 14.4. The lowest BCUT2D eigenvalue weighted by atomic mass is 9.92. The molecule has 4 N–H and O–H groups in total. The van der Waals surface area contributed by atoms with Crippen LogP contribution in [0.4, 0.5) is 4.79 Å². The van der Waals surface area contributed by atoms with Crippen LogP contribution >= 0.6 is 0 Å². The molecular weight excluding hydrogens is 434 g/mol. The Hall–Kier alpha value is -3.35. The summed E-state index contributed by atoms with van der Waals surface area (Å²) < 4.78 is 26.5. The number of carboxylic acids is 1. The Morgan fingerprint density at radius 3 is 2.48 bits per heavy atom. The number of nitrogens with one attached hydrogen (secondary N) is 2. The number of ether oxygens (including phenoxy) is 1. The van der Waals surface area contributed by atoms with Gasteiger partial charge >= 0.3 is 12.1 Å². The summed E-state index contributed by atoms with van der Waals surface area (Å²) in [4.78, 5) is 48.5. The molecule has 0 saturated carbocycles. The van der Waals surface area contributed by atoms with Crippen LogP contribution in [0.25, 0.3) is 0 Å². The molecule has 2 rings (SSSR count). The van der Waals surface area contributed by atoms with Gasteiger partial charge in [-0.15, -0.1) is 0 Å². The third-order valence-electron chi connectivity index (χ3n) is 5.01. The number of benzene rings is 1. The topological polar surface area (TPSA) is 179 Å². The van der Waals surface area contributed by atoms with E-state index in [4.69, 9.17) is 4.74 Å². The van der Waals surface area contributed by atoms with Gasteiger partial charge in [-0.05, 0) is 32.4 Å². The van der Waals surface area contributed by atoms with Gasteiger partial charge in [-0.2, -0.15) is 0 Å². The predicted octanol–water partition coefficient (Wildman–Crippen LogP) is -0.484. The fourth-order valence-electron chi connectivity index (χ4n) is 3.17. The van der Waals surface area contributed by atoms with E-state index >= 15 is 0 Å². The molecule has 1 aliphatic rings. The van der Waals surface area contributed by atoms with E-state index in [0.717, 1.165) is 11.8 Å². The summed E-state index contributed by atoms with van der Waals surface area (Å²) >= 11 is 0. The Bertz CT molecular complexity index is 985. The largest absolute Gasteiger partial charge is 0.507 e. The number of carbonyl (C=O) groups excluding carboxylic acids is 3. The Kier molecular flexibility index (Phi) is 7.10. The van der Waals surface area contributed by atoms with Gasteiger partial charge in [0, 0.05) is 12.5 Å². The van der Waals surface area contributed by atoms with Crippen LogP contribution in [0, 0.1) is 6.92 Å². The molecule has 1 aromatic carbocycles. The molecule has 31 heavy (non-hydrogen) atoms. The lowest BCUT2D eigenvalue weighted by Gasteiger charge is -2.46. The van der Waals surface area contributed by atoms with Gasteiger partial charge in [-0.25, -0.2) is 23.4 Å². The van der Waals surface area contributed by atoms with Gasteiger partial charge < -0.3 is 19.8 Å². The number of aromatic hydroxyl groups is 1. The number of carboxylic acid groups (broad SMARTS) is 1. The smallest absolute Gasteiger partial charge is 0.426 e. The minimum absolute atomic E-state index is 0.0781. The third-order valence-corrected chi connectivity index (χ3v) is 6.21. The summed E-state index contributed by atoms with van der Waals surface area (Å²) in [6.45, 7) is 3.30. The van der Waals surface area contributed by atoms with Gasteiger partial charge in [0.25, 0.3) is 5.91 Å². The summed E-state index contributed by atoms with van der Waals surface area (Å²) in [5.41, 5.74) is 4.18. The van der Waals surface area contributed by atoms with Gasteiger partial charge in [0.05, 0.1) is 5.56 Å². The maximum absolute atomic E-state index is 12.1.